The first-order chi connectivity index (χ1) is 10.4. The van der Waals surface area contributed by atoms with Crippen molar-refractivity contribution in [2.24, 2.45) is 0 Å². The molecule has 0 aliphatic heterocycles. The molecule has 0 bridgehead atoms. The highest BCUT2D eigenvalue weighted by atomic mass is 19.4. The van der Waals surface area contributed by atoms with Crippen molar-refractivity contribution in [3.8, 4) is 11.5 Å². The van der Waals surface area contributed by atoms with Gasteiger partial charge in [-0.1, -0.05) is 23.9 Å². The van der Waals surface area contributed by atoms with Crippen molar-refractivity contribution in [1.82, 2.24) is 15.5 Å². The summed E-state index contributed by atoms with van der Waals surface area (Å²) >= 11 is 0. The van der Waals surface area contributed by atoms with Crippen molar-refractivity contribution in [2.75, 3.05) is 0 Å². The highest BCUT2D eigenvalue weighted by Gasteiger charge is 2.30. The second-order valence-corrected chi connectivity index (χ2v) is 4.43. The lowest BCUT2D eigenvalue weighted by Gasteiger charge is -2.03. The van der Waals surface area contributed by atoms with Crippen LogP contribution in [0.1, 0.15) is 11.4 Å². The molecule has 0 aliphatic rings. The zero-order valence-electron chi connectivity index (χ0n) is 11.4. The van der Waals surface area contributed by atoms with E-state index in [0.29, 0.717) is 5.56 Å². The molecule has 5 nitrogen and oxygen atoms in total. The maximum atomic E-state index is 12.3. The summed E-state index contributed by atoms with van der Waals surface area (Å²) in [6.07, 6.45) is -4.49. The first kappa shape index (κ1) is 15.7. The van der Waals surface area contributed by atoms with Crippen molar-refractivity contribution in [3.05, 3.63) is 48.3 Å². The highest BCUT2D eigenvalue weighted by molar-refractivity contribution is 5.86. The van der Waals surface area contributed by atoms with Gasteiger partial charge in [-0.2, -0.15) is 18.2 Å². The standard InChI is InChI=1S/C14H12F3N3O2/c1-2-12(21)18-8-9-4-3-5-10(6-9)13-19-11(20-22-13)7-14(15,16)17/h2-6H,1,7-8H2,(H,18,21). The van der Waals surface area contributed by atoms with Crippen LogP contribution >= 0.6 is 0 Å². The zero-order valence-corrected chi connectivity index (χ0v) is 11.4. The van der Waals surface area contributed by atoms with Gasteiger partial charge in [0, 0.05) is 12.1 Å². The van der Waals surface area contributed by atoms with Gasteiger partial charge in [0.05, 0.1) is 0 Å². The minimum absolute atomic E-state index is 0.00357. The fourth-order valence-electron chi connectivity index (χ4n) is 1.70. The van der Waals surface area contributed by atoms with Gasteiger partial charge in [0.15, 0.2) is 5.82 Å². The van der Waals surface area contributed by atoms with Crippen LogP contribution < -0.4 is 5.32 Å². The van der Waals surface area contributed by atoms with Crippen LogP contribution in [0, 0.1) is 0 Å². The third-order valence-electron chi connectivity index (χ3n) is 2.65. The fourth-order valence-corrected chi connectivity index (χ4v) is 1.70. The molecule has 0 spiro atoms. The average Bonchev–Trinajstić information content (AvgIpc) is 2.91. The zero-order chi connectivity index (χ0) is 16.2. The lowest BCUT2D eigenvalue weighted by molar-refractivity contribution is -0.128. The summed E-state index contributed by atoms with van der Waals surface area (Å²) in [6.45, 7) is 3.58. The van der Waals surface area contributed by atoms with Crippen molar-refractivity contribution >= 4 is 5.91 Å². The number of hydrogen-bond donors (Lipinski definition) is 1. The minimum atomic E-state index is -4.39. The maximum absolute atomic E-state index is 12.3. The number of carbonyl (C=O) groups is 1. The molecular formula is C14H12F3N3O2. The van der Waals surface area contributed by atoms with E-state index < -0.39 is 18.4 Å². The largest absolute Gasteiger partial charge is 0.396 e. The van der Waals surface area contributed by atoms with Crippen LogP contribution in [0.3, 0.4) is 0 Å². The molecule has 2 rings (SSSR count). The Morgan fingerprint density at radius 1 is 1.41 bits per heavy atom. The Morgan fingerprint density at radius 3 is 2.86 bits per heavy atom. The van der Waals surface area contributed by atoms with Gasteiger partial charge in [0.1, 0.15) is 6.42 Å². The lowest BCUT2D eigenvalue weighted by atomic mass is 10.1. The fraction of sp³-hybridized carbons (Fsp3) is 0.214. The Hall–Kier alpha value is -2.64. The normalized spacial score (nSPS) is 11.2. The second kappa shape index (κ2) is 6.42. The van der Waals surface area contributed by atoms with E-state index in [0.717, 1.165) is 11.6 Å². The predicted octanol–water partition coefficient (Wildman–Crippen LogP) is 2.64. The van der Waals surface area contributed by atoms with E-state index in [1.165, 1.54) is 0 Å². The number of benzene rings is 1. The van der Waals surface area contributed by atoms with Crippen LogP contribution in [-0.4, -0.2) is 22.2 Å². The first-order valence-electron chi connectivity index (χ1n) is 6.26. The van der Waals surface area contributed by atoms with Gasteiger partial charge in [-0.3, -0.25) is 4.79 Å². The van der Waals surface area contributed by atoms with E-state index in [1.807, 2.05) is 0 Å². The summed E-state index contributed by atoms with van der Waals surface area (Å²) < 4.78 is 41.6. The summed E-state index contributed by atoms with van der Waals surface area (Å²) in [7, 11) is 0. The van der Waals surface area contributed by atoms with Crippen molar-refractivity contribution in [1.29, 1.82) is 0 Å². The third-order valence-corrected chi connectivity index (χ3v) is 2.65. The second-order valence-electron chi connectivity index (χ2n) is 4.43. The number of aromatic nitrogens is 2. The van der Waals surface area contributed by atoms with E-state index >= 15 is 0 Å². The molecule has 0 radical (unpaired) electrons. The Balaban J connectivity index is 2.12. The smallest absolute Gasteiger partial charge is 0.348 e. The SMILES string of the molecule is C=CC(=O)NCc1cccc(-c2nc(CC(F)(F)F)no2)c1. The quantitative estimate of drug-likeness (QED) is 0.862. The van der Waals surface area contributed by atoms with Crippen LogP contribution in [0.15, 0.2) is 41.4 Å². The molecule has 0 aliphatic carbocycles. The molecule has 1 aromatic heterocycles. The molecule has 2 aromatic rings. The molecule has 1 heterocycles. The summed E-state index contributed by atoms with van der Waals surface area (Å²) in [6, 6.07) is 6.70. The van der Waals surface area contributed by atoms with Crippen LogP contribution in [-0.2, 0) is 17.8 Å². The first-order valence-corrected chi connectivity index (χ1v) is 6.26. The van der Waals surface area contributed by atoms with Crippen molar-refractivity contribution < 1.29 is 22.5 Å². The molecule has 1 N–H and O–H groups in total. The molecule has 0 unspecified atom stereocenters. The molecular weight excluding hydrogens is 299 g/mol. The molecule has 0 saturated heterocycles. The number of halogens is 3. The summed E-state index contributed by atoms with van der Waals surface area (Å²) in [4.78, 5) is 14.8. The molecule has 0 fully saturated rings. The Labute approximate surface area is 123 Å². The number of carbonyl (C=O) groups excluding carboxylic acids is 1. The van der Waals surface area contributed by atoms with E-state index in [-0.39, 0.29) is 18.3 Å². The van der Waals surface area contributed by atoms with Crippen LogP contribution in [0.2, 0.25) is 0 Å². The number of nitrogens with one attached hydrogen (secondary N) is 1. The van der Waals surface area contributed by atoms with Crippen LogP contribution in [0.4, 0.5) is 13.2 Å². The van der Waals surface area contributed by atoms with Crippen molar-refractivity contribution in [2.45, 2.75) is 19.1 Å². The van der Waals surface area contributed by atoms with Gasteiger partial charge in [-0.05, 0) is 23.8 Å². The van der Waals surface area contributed by atoms with Gasteiger partial charge >= 0.3 is 6.18 Å². The number of hydrogen-bond acceptors (Lipinski definition) is 4. The molecule has 8 heteroatoms. The van der Waals surface area contributed by atoms with E-state index in [1.54, 1.807) is 24.3 Å². The Kier molecular flexibility index (Phi) is 4.59. The summed E-state index contributed by atoms with van der Waals surface area (Å²) in [5.74, 6) is -0.750. The summed E-state index contributed by atoms with van der Waals surface area (Å²) in [5.41, 5.74) is 1.22. The molecule has 22 heavy (non-hydrogen) atoms. The molecule has 0 atom stereocenters. The van der Waals surface area contributed by atoms with Gasteiger partial charge in [-0.15, -0.1) is 0 Å². The maximum Gasteiger partial charge on any atom is 0.396 e. The Morgan fingerprint density at radius 2 is 2.18 bits per heavy atom. The number of alkyl halides is 3. The lowest BCUT2D eigenvalue weighted by Crippen LogP contribution is -2.19. The van der Waals surface area contributed by atoms with E-state index in [4.69, 9.17) is 4.52 Å². The van der Waals surface area contributed by atoms with Gasteiger partial charge in [0.25, 0.3) is 5.89 Å². The number of nitrogens with zero attached hydrogens (tertiary/aromatic N) is 2. The molecule has 1 aromatic carbocycles. The van der Waals surface area contributed by atoms with Gasteiger partial charge in [-0.25, -0.2) is 0 Å². The highest BCUT2D eigenvalue weighted by Crippen LogP contribution is 2.23. The molecule has 0 saturated carbocycles. The van der Waals surface area contributed by atoms with Crippen molar-refractivity contribution in [3.63, 3.8) is 0 Å². The topological polar surface area (TPSA) is 68.0 Å². The monoisotopic (exact) mass is 311 g/mol. The molecule has 1 amide bonds. The van der Waals surface area contributed by atoms with Crippen LogP contribution in [0.5, 0.6) is 0 Å². The van der Waals surface area contributed by atoms with Crippen LogP contribution in [0.25, 0.3) is 11.5 Å². The Bertz CT molecular complexity index is 680. The van der Waals surface area contributed by atoms with E-state index in [2.05, 4.69) is 22.0 Å². The third kappa shape index (κ3) is 4.44. The predicted molar refractivity (Wildman–Crippen MR) is 71.5 cm³/mol. The average molecular weight is 311 g/mol. The number of amides is 1. The minimum Gasteiger partial charge on any atom is -0.348 e. The van der Waals surface area contributed by atoms with Gasteiger partial charge < -0.3 is 9.84 Å². The van der Waals surface area contributed by atoms with Gasteiger partial charge in [0.2, 0.25) is 5.91 Å². The number of rotatable bonds is 5. The summed E-state index contributed by atoms with van der Waals surface area (Å²) in [5, 5.41) is 5.90. The van der Waals surface area contributed by atoms with E-state index in [9.17, 15) is 18.0 Å². The molecule has 116 valence electrons.